The fourth-order valence-corrected chi connectivity index (χ4v) is 2.25. The largest absolute Gasteiger partial charge is 0.365 e. The molecule has 3 rings (SSSR count). The van der Waals surface area contributed by atoms with Crippen molar-refractivity contribution < 1.29 is 4.39 Å². The van der Waals surface area contributed by atoms with Crippen LogP contribution >= 0.6 is 0 Å². The molecule has 21 heavy (non-hydrogen) atoms. The van der Waals surface area contributed by atoms with Gasteiger partial charge in [0.15, 0.2) is 0 Å². The summed E-state index contributed by atoms with van der Waals surface area (Å²) in [5.41, 5.74) is 3.18. The lowest BCUT2D eigenvalue weighted by molar-refractivity contribution is 0.627. The monoisotopic (exact) mass is 281 g/mol. The summed E-state index contributed by atoms with van der Waals surface area (Å²) in [6.45, 7) is 2.72. The van der Waals surface area contributed by atoms with Gasteiger partial charge in [-0.3, -0.25) is 0 Å². The third kappa shape index (κ3) is 2.99. The average molecular weight is 281 g/mol. The predicted molar refractivity (Wildman–Crippen MR) is 82.6 cm³/mol. The van der Waals surface area contributed by atoms with E-state index in [1.165, 1.54) is 17.7 Å². The highest BCUT2D eigenvalue weighted by molar-refractivity contribution is 5.89. The molecule has 2 aromatic carbocycles. The molecule has 4 heteroatoms. The molecule has 106 valence electrons. The number of benzene rings is 2. The topological polar surface area (TPSA) is 37.8 Å². The van der Waals surface area contributed by atoms with Gasteiger partial charge in [0.05, 0.1) is 5.52 Å². The minimum Gasteiger partial charge on any atom is -0.365 e. The van der Waals surface area contributed by atoms with E-state index < -0.39 is 0 Å². The van der Waals surface area contributed by atoms with E-state index in [1.807, 2.05) is 6.07 Å². The lowest BCUT2D eigenvalue weighted by Crippen LogP contribution is -2.02. The Hall–Kier alpha value is -2.49. The molecule has 0 aliphatic heterocycles. The van der Waals surface area contributed by atoms with E-state index in [4.69, 9.17) is 0 Å². The van der Waals surface area contributed by atoms with Crippen LogP contribution in [0.1, 0.15) is 18.1 Å². The first-order valence-corrected chi connectivity index (χ1v) is 6.98. The Balaban J connectivity index is 1.87. The van der Waals surface area contributed by atoms with E-state index in [1.54, 1.807) is 18.5 Å². The average Bonchev–Trinajstić information content (AvgIpc) is 2.54. The quantitative estimate of drug-likeness (QED) is 0.787. The minimum absolute atomic E-state index is 0.223. The molecular formula is C17H16FN3. The van der Waals surface area contributed by atoms with Gasteiger partial charge in [0, 0.05) is 11.9 Å². The highest BCUT2D eigenvalue weighted by atomic mass is 19.1. The van der Waals surface area contributed by atoms with E-state index in [9.17, 15) is 4.39 Å². The Morgan fingerprint density at radius 3 is 2.52 bits per heavy atom. The van der Waals surface area contributed by atoms with Crippen molar-refractivity contribution in [2.45, 2.75) is 19.9 Å². The van der Waals surface area contributed by atoms with Crippen molar-refractivity contribution in [2.24, 2.45) is 0 Å². The van der Waals surface area contributed by atoms with Crippen LogP contribution in [0.25, 0.3) is 10.9 Å². The first-order chi connectivity index (χ1) is 10.3. The number of rotatable bonds is 4. The first-order valence-electron chi connectivity index (χ1n) is 6.98. The summed E-state index contributed by atoms with van der Waals surface area (Å²) in [6, 6.07) is 12.7. The summed E-state index contributed by atoms with van der Waals surface area (Å²) < 4.78 is 12.9. The Morgan fingerprint density at radius 2 is 1.76 bits per heavy atom. The van der Waals surface area contributed by atoms with Gasteiger partial charge < -0.3 is 5.32 Å². The molecule has 0 radical (unpaired) electrons. The Morgan fingerprint density at radius 1 is 1.00 bits per heavy atom. The van der Waals surface area contributed by atoms with E-state index in [0.29, 0.717) is 6.54 Å². The van der Waals surface area contributed by atoms with Gasteiger partial charge in [-0.1, -0.05) is 25.1 Å². The summed E-state index contributed by atoms with van der Waals surface area (Å²) >= 11 is 0. The standard InChI is InChI=1S/C17H16FN3/c1-2-12-5-8-16-15(9-12)17(21-11-20-16)19-10-13-3-6-14(18)7-4-13/h3-9,11H,2,10H2,1H3,(H,19,20,21). The second kappa shape index (κ2) is 5.87. The van der Waals surface area contributed by atoms with Gasteiger partial charge in [0.25, 0.3) is 0 Å². The van der Waals surface area contributed by atoms with Gasteiger partial charge in [-0.15, -0.1) is 0 Å². The zero-order chi connectivity index (χ0) is 14.7. The molecule has 0 bridgehead atoms. The number of halogens is 1. The molecule has 0 aliphatic carbocycles. The molecular weight excluding hydrogens is 265 g/mol. The third-order valence-electron chi connectivity index (χ3n) is 3.48. The van der Waals surface area contributed by atoms with Crippen molar-refractivity contribution in [1.82, 2.24) is 9.97 Å². The van der Waals surface area contributed by atoms with Crippen molar-refractivity contribution in [3.63, 3.8) is 0 Å². The molecule has 0 atom stereocenters. The van der Waals surface area contributed by atoms with Crippen molar-refractivity contribution in [1.29, 1.82) is 0 Å². The van der Waals surface area contributed by atoms with Gasteiger partial charge in [-0.2, -0.15) is 0 Å². The van der Waals surface area contributed by atoms with Crippen molar-refractivity contribution >= 4 is 16.7 Å². The summed E-state index contributed by atoms with van der Waals surface area (Å²) in [7, 11) is 0. The fourth-order valence-electron chi connectivity index (χ4n) is 2.25. The minimum atomic E-state index is -0.223. The fraction of sp³-hybridized carbons (Fsp3) is 0.176. The second-order valence-electron chi connectivity index (χ2n) is 4.91. The van der Waals surface area contributed by atoms with Crippen LogP contribution in [0.5, 0.6) is 0 Å². The zero-order valence-corrected chi connectivity index (χ0v) is 11.8. The van der Waals surface area contributed by atoms with Crippen LogP contribution in [0.15, 0.2) is 48.8 Å². The normalized spacial score (nSPS) is 10.8. The first kappa shape index (κ1) is 13.5. The van der Waals surface area contributed by atoms with E-state index in [2.05, 4.69) is 34.3 Å². The number of hydrogen-bond acceptors (Lipinski definition) is 3. The van der Waals surface area contributed by atoms with E-state index in [-0.39, 0.29) is 5.82 Å². The Bertz CT molecular complexity index is 754. The van der Waals surface area contributed by atoms with Crippen LogP contribution in [0.2, 0.25) is 0 Å². The van der Waals surface area contributed by atoms with Gasteiger partial charge >= 0.3 is 0 Å². The predicted octanol–water partition coefficient (Wildman–Crippen LogP) is 3.94. The number of hydrogen-bond donors (Lipinski definition) is 1. The molecule has 0 spiro atoms. The molecule has 0 amide bonds. The van der Waals surface area contributed by atoms with Crippen molar-refractivity contribution in [3.8, 4) is 0 Å². The smallest absolute Gasteiger partial charge is 0.137 e. The molecule has 1 N–H and O–H groups in total. The highest BCUT2D eigenvalue weighted by Gasteiger charge is 2.04. The molecule has 0 saturated carbocycles. The van der Waals surface area contributed by atoms with Crippen LogP contribution in [-0.2, 0) is 13.0 Å². The Labute approximate surface area is 122 Å². The maximum absolute atomic E-state index is 12.9. The number of nitrogens with zero attached hydrogens (tertiary/aromatic N) is 2. The summed E-state index contributed by atoms with van der Waals surface area (Å²) in [4.78, 5) is 8.60. The van der Waals surface area contributed by atoms with Gasteiger partial charge in [0.2, 0.25) is 0 Å². The van der Waals surface area contributed by atoms with Crippen molar-refractivity contribution in [2.75, 3.05) is 5.32 Å². The van der Waals surface area contributed by atoms with Crippen LogP contribution < -0.4 is 5.32 Å². The molecule has 1 heterocycles. The number of aryl methyl sites for hydroxylation is 1. The maximum Gasteiger partial charge on any atom is 0.137 e. The lowest BCUT2D eigenvalue weighted by atomic mass is 10.1. The van der Waals surface area contributed by atoms with E-state index >= 15 is 0 Å². The molecule has 1 aromatic heterocycles. The number of fused-ring (bicyclic) bond motifs is 1. The van der Waals surface area contributed by atoms with Crippen LogP contribution in [0, 0.1) is 5.82 Å². The molecule has 0 aliphatic rings. The molecule has 3 aromatic rings. The van der Waals surface area contributed by atoms with Gasteiger partial charge in [-0.05, 0) is 41.8 Å². The lowest BCUT2D eigenvalue weighted by Gasteiger charge is -2.09. The van der Waals surface area contributed by atoms with Crippen LogP contribution in [0.4, 0.5) is 10.2 Å². The number of nitrogens with one attached hydrogen (secondary N) is 1. The summed E-state index contributed by atoms with van der Waals surface area (Å²) in [5, 5.41) is 4.31. The summed E-state index contributed by atoms with van der Waals surface area (Å²) in [5.74, 6) is 0.582. The van der Waals surface area contributed by atoms with E-state index in [0.717, 1.165) is 28.7 Å². The highest BCUT2D eigenvalue weighted by Crippen LogP contribution is 2.21. The summed E-state index contributed by atoms with van der Waals surface area (Å²) in [6.07, 6.45) is 2.53. The maximum atomic E-state index is 12.9. The molecule has 3 nitrogen and oxygen atoms in total. The molecule has 0 fully saturated rings. The Kier molecular flexibility index (Phi) is 3.77. The SMILES string of the molecule is CCc1ccc2ncnc(NCc3ccc(F)cc3)c2c1. The molecule has 0 saturated heterocycles. The van der Waals surface area contributed by atoms with Crippen LogP contribution in [0.3, 0.4) is 0 Å². The van der Waals surface area contributed by atoms with Crippen molar-refractivity contribution in [3.05, 3.63) is 65.7 Å². The van der Waals surface area contributed by atoms with Gasteiger partial charge in [-0.25, -0.2) is 14.4 Å². The molecule has 0 unspecified atom stereocenters. The number of anilines is 1. The number of aromatic nitrogens is 2. The zero-order valence-electron chi connectivity index (χ0n) is 11.8. The second-order valence-corrected chi connectivity index (χ2v) is 4.91. The van der Waals surface area contributed by atoms with Gasteiger partial charge in [0.1, 0.15) is 18.0 Å². The van der Waals surface area contributed by atoms with Crippen LogP contribution in [-0.4, -0.2) is 9.97 Å². The third-order valence-corrected chi connectivity index (χ3v) is 3.48.